The van der Waals surface area contributed by atoms with E-state index < -0.39 is 0 Å². The Balaban J connectivity index is 1.79. The predicted octanol–water partition coefficient (Wildman–Crippen LogP) is 4.58. The van der Waals surface area contributed by atoms with Gasteiger partial charge in [-0.05, 0) is 49.1 Å². The third-order valence-electron chi connectivity index (χ3n) is 5.30. The molecular weight excluding hydrogens is 244 g/mol. The highest BCUT2D eigenvalue weighted by molar-refractivity contribution is 5.88. The molecule has 0 amide bonds. The first-order chi connectivity index (χ1) is 9.61. The van der Waals surface area contributed by atoms with Gasteiger partial charge in [0, 0.05) is 11.3 Å². The average molecular weight is 270 g/mol. The summed E-state index contributed by atoms with van der Waals surface area (Å²) in [5.74, 6) is 1.46. The Morgan fingerprint density at radius 1 is 1.15 bits per heavy atom. The monoisotopic (exact) mass is 270 g/mol. The normalized spacial score (nSPS) is 21.4. The van der Waals surface area contributed by atoms with Crippen LogP contribution >= 0.6 is 0 Å². The first kappa shape index (κ1) is 13.9. The van der Waals surface area contributed by atoms with Crippen molar-refractivity contribution in [3.63, 3.8) is 0 Å². The van der Waals surface area contributed by atoms with E-state index in [0.29, 0.717) is 11.7 Å². The molecule has 1 aromatic rings. The van der Waals surface area contributed by atoms with Crippen LogP contribution in [0.4, 0.5) is 0 Å². The van der Waals surface area contributed by atoms with Crippen molar-refractivity contribution >= 4 is 5.78 Å². The molecule has 0 aliphatic heterocycles. The number of rotatable bonds is 4. The molecule has 0 unspecified atom stereocenters. The summed E-state index contributed by atoms with van der Waals surface area (Å²) in [6.07, 6.45) is 7.83. The fourth-order valence-electron chi connectivity index (χ4n) is 4.56. The summed E-state index contributed by atoms with van der Waals surface area (Å²) in [6, 6.07) is 8.61. The van der Waals surface area contributed by atoms with Crippen molar-refractivity contribution in [1.29, 1.82) is 0 Å². The van der Waals surface area contributed by atoms with Crippen molar-refractivity contribution in [2.24, 2.45) is 17.3 Å². The zero-order valence-corrected chi connectivity index (χ0v) is 12.8. The van der Waals surface area contributed by atoms with Gasteiger partial charge >= 0.3 is 0 Å². The van der Waals surface area contributed by atoms with Crippen molar-refractivity contribution in [3.05, 3.63) is 35.4 Å². The highest BCUT2D eigenvalue weighted by Gasteiger charge is 2.45. The van der Waals surface area contributed by atoms with Crippen LogP contribution in [0.15, 0.2) is 24.3 Å². The molecule has 0 atom stereocenters. The topological polar surface area (TPSA) is 17.1 Å². The minimum Gasteiger partial charge on any atom is -0.299 e. The molecular formula is C19H26O. The van der Waals surface area contributed by atoms with Crippen molar-refractivity contribution in [2.75, 3.05) is 0 Å². The van der Waals surface area contributed by atoms with Crippen molar-refractivity contribution in [1.82, 2.24) is 0 Å². The average Bonchev–Trinajstić information content (AvgIpc) is 3.03. The van der Waals surface area contributed by atoms with E-state index in [1.165, 1.54) is 24.0 Å². The van der Waals surface area contributed by atoms with Crippen LogP contribution in [0.1, 0.15) is 57.1 Å². The summed E-state index contributed by atoms with van der Waals surface area (Å²) < 4.78 is 0. The van der Waals surface area contributed by atoms with Crippen LogP contribution in [-0.4, -0.2) is 5.78 Å². The molecule has 20 heavy (non-hydrogen) atoms. The maximum absolute atomic E-state index is 13.2. The Morgan fingerprint density at radius 2 is 1.70 bits per heavy atom. The van der Waals surface area contributed by atoms with Crippen molar-refractivity contribution in [2.45, 2.75) is 58.8 Å². The lowest BCUT2D eigenvalue weighted by atomic mass is 9.70. The van der Waals surface area contributed by atoms with Crippen LogP contribution < -0.4 is 0 Å². The molecule has 1 nitrogen and oxygen atoms in total. The van der Waals surface area contributed by atoms with Gasteiger partial charge in [0.1, 0.15) is 5.78 Å². The van der Waals surface area contributed by atoms with E-state index in [-0.39, 0.29) is 11.3 Å². The SMILES string of the molecule is CC(C)CC1(C(=O)C2Cc3ccccc3C2)CCCC1. The summed E-state index contributed by atoms with van der Waals surface area (Å²) in [6.45, 7) is 4.52. The molecule has 1 heteroatoms. The number of hydrogen-bond acceptors (Lipinski definition) is 1. The maximum Gasteiger partial charge on any atom is 0.142 e. The van der Waals surface area contributed by atoms with Crippen LogP contribution in [0.5, 0.6) is 0 Å². The van der Waals surface area contributed by atoms with E-state index in [1.54, 1.807) is 0 Å². The molecule has 108 valence electrons. The molecule has 0 heterocycles. The molecule has 3 rings (SSSR count). The van der Waals surface area contributed by atoms with E-state index in [4.69, 9.17) is 0 Å². The molecule has 0 spiro atoms. The molecule has 0 saturated heterocycles. The van der Waals surface area contributed by atoms with Gasteiger partial charge in [-0.3, -0.25) is 4.79 Å². The summed E-state index contributed by atoms with van der Waals surface area (Å²) in [5, 5.41) is 0. The fourth-order valence-corrected chi connectivity index (χ4v) is 4.56. The Kier molecular flexibility index (Phi) is 3.70. The summed E-state index contributed by atoms with van der Waals surface area (Å²) in [7, 11) is 0. The molecule has 1 fully saturated rings. The molecule has 2 aliphatic carbocycles. The van der Waals surface area contributed by atoms with Crippen LogP contribution in [0.25, 0.3) is 0 Å². The Labute approximate surface area is 122 Å². The van der Waals surface area contributed by atoms with Gasteiger partial charge in [-0.15, -0.1) is 0 Å². The number of hydrogen-bond donors (Lipinski definition) is 0. The number of benzene rings is 1. The van der Waals surface area contributed by atoms with E-state index in [9.17, 15) is 4.79 Å². The van der Waals surface area contributed by atoms with E-state index in [2.05, 4.69) is 38.1 Å². The number of Topliss-reactive ketones (excluding diaryl/α,β-unsaturated/α-hetero) is 1. The predicted molar refractivity (Wildman–Crippen MR) is 82.7 cm³/mol. The quantitative estimate of drug-likeness (QED) is 0.783. The lowest BCUT2D eigenvalue weighted by molar-refractivity contribution is -0.133. The van der Waals surface area contributed by atoms with Gasteiger partial charge in [-0.1, -0.05) is 51.0 Å². The summed E-state index contributed by atoms with van der Waals surface area (Å²) in [5.41, 5.74) is 2.83. The molecule has 1 saturated carbocycles. The lowest BCUT2D eigenvalue weighted by Gasteiger charge is -2.32. The van der Waals surface area contributed by atoms with E-state index >= 15 is 0 Å². The number of ketones is 1. The molecule has 0 radical (unpaired) electrons. The van der Waals surface area contributed by atoms with Crippen molar-refractivity contribution in [3.8, 4) is 0 Å². The van der Waals surface area contributed by atoms with Gasteiger partial charge in [0.15, 0.2) is 0 Å². The Morgan fingerprint density at radius 3 is 2.20 bits per heavy atom. The lowest BCUT2D eigenvalue weighted by Crippen LogP contribution is -2.35. The standard InChI is InChI=1S/C19H26O/c1-14(2)13-19(9-5-6-10-19)18(20)17-11-15-7-3-4-8-16(15)12-17/h3-4,7-8,14,17H,5-6,9-13H2,1-2H3. The van der Waals surface area contributed by atoms with Crippen LogP contribution in [-0.2, 0) is 17.6 Å². The van der Waals surface area contributed by atoms with Crippen LogP contribution in [0, 0.1) is 17.3 Å². The fraction of sp³-hybridized carbons (Fsp3) is 0.632. The second-order valence-corrected chi connectivity index (χ2v) is 7.32. The number of carbonyl (C=O) groups is 1. The third-order valence-corrected chi connectivity index (χ3v) is 5.30. The molecule has 0 aromatic heterocycles. The second kappa shape index (κ2) is 5.35. The van der Waals surface area contributed by atoms with E-state index in [0.717, 1.165) is 32.1 Å². The molecule has 2 aliphatic rings. The minimum atomic E-state index is 0.0148. The van der Waals surface area contributed by atoms with Gasteiger partial charge in [0.25, 0.3) is 0 Å². The van der Waals surface area contributed by atoms with Crippen LogP contribution in [0.3, 0.4) is 0 Å². The highest BCUT2D eigenvalue weighted by atomic mass is 16.1. The van der Waals surface area contributed by atoms with Crippen molar-refractivity contribution < 1.29 is 4.79 Å². The van der Waals surface area contributed by atoms with Gasteiger partial charge in [0.05, 0.1) is 0 Å². The molecule has 1 aromatic carbocycles. The maximum atomic E-state index is 13.2. The van der Waals surface area contributed by atoms with Gasteiger partial charge < -0.3 is 0 Å². The van der Waals surface area contributed by atoms with Crippen LogP contribution in [0.2, 0.25) is 0 Å². The first-order valence-electron chi connectivity index (χ1n) is 8.22. The van der Waals surface area contributed by atoms with E-state index in [1.807, 2.05) is 0 Å². The van der Waals surface area contributed by atoms with Gasteiger partial charge in [0.2, 0.25) is 0 Å². The molecule has 0 N–H and O–H groups in total. The molecule has 0 bridgehead atoms. The Bertz CT molecular complexity index is 469. The summed E-state index contributed by atoms with van der Waals surface area (Å²) >= 11 is 0. The first-order valence-corrected chi connectivity index (χ1v) is 8.22. The third kappa shape index (κ3) is 2.43. The second-order valence-electron chi connectivity index (χ2n) is 7.32. The van der Waals surface area contributed by atoms with Gasteiger partial charge in [-0.25, -0.2) is 0 Å². The largest absolute Gasteiger partial charge is 0.299 e. The Hall–Kier alpha value is -1.11. The number of carbonyl (C=O) groups excluding carboxylic acids is 1. The summed E-state index contributed by atoms with van der Waals surface area (Å²) in [4.78, 5) is 13.2. The highest BCUT2D eigenvalue weighted by Crippen LogP contribution is 2.47. The minimum absolute atomic E-state index is 0.0148. The number of fused-ring (bicyclic) bond motifs is 1. The van der Waals surface area contributed by atoms with Gasteiger partial charge in [-0.2, -0.15) is 0 Å². The zero-order chi connectivity index (χ0) is 14.2. The smallest absolute Gasteiger partial charge is 0.142 e. The zero-order valence-electron chi connectivity index (χ0n) is 12.8.